The molecule has 96 valence electrons. The van der Waals surface area contributed by atoms with Crippen molar-refractivity contribution in [2.45, 2.75) is 16.0 Å². The van der Waals surface area contributed by atoms with Gasteiger partial charge in [-0.3, -0.25) is 0 Å². The molecule has 1 aromatic heterocycles. The zero-order valence-corrected chi connectivity index (χ0v) is 14.3. The minimum absolute atomic E-state index is 0. The summed E-state index contributed by atoms with van der Waals surface area (Å²) in [6.07, 6.45) is 9.78. The van der Waals surface area contributed by atoms with Crippen LogP contribution >= 0.6 is 0 Å². The Bertz CT molecular complexity index is 626. The number of hydrogen-bond donors (Lipinski definition) is 1. The minimum Gasteiger partial charge on any atom is -1.00 e. The molecule has 0 aliphatic heterocycles. The van der Waals surface area contributed by atoms with Crippen LogP contribution < -0.4 is 28.2 Å². The van der Waals surface area contributed by atoms with E-state index in [1.54, 1.807) is 5.57 Å². The van der Waals surface area contributed by atoms with E-state index in [9.17, 15) is 0 Å². The standard InChI is InChI=1S/C8H6N.C7H7.2ClH.Zr/c1-2-4-8-7(3-1)5-6-9-8;1-2-6-4-5-7(6)3-1;;;/h1-5,9H;1-3H,4-5H2;2*1H;/q;;;;+2/p-2. The van der Waals surface area contributed by atoms with E-state index in [1.165, 1.54) is 27.1 Å². The van der Waals surface area contributed by atoms with Gasteiger partial charge in [0.15, 0.2) is 0 Å². The Morgan fingerprint density at radius 1 is 1.16 bits per heavy atom. The first-order valence-electron chi connectivity index (χ1n) is 6.11. The third kappa shape index (κ3) is 2.39. The van der Waals surface area contributed by atoms with Gasteiger partial charge in [-0.25, -0.2) is 0 Å². The molecule has 2 aliphatic carbocycles. The van der Waals surface area contributed by atoms with Gasteiger partial charge in [0.05, 0.1) is 0 Å². The van der Waals surface area contributed by atoms with E-state index in [1.807, 2.05) is 0 Å². The van der Waals surface area contributed by atoms with Crippen LogP contribution in [0.3, 0.4) is 0 Å². The van der Waals surface area contributed by atoms with Crippen molar-refractivity contribution in [3.63, 3.8) is 0 Å². The molecule has 1 fully saturated rings. The minimum atomic E-state index is -0.573. The number of aromatic amines is 1. The Balaban J connectivity index is 0.000000667. The summed E-state index contributed by atoms with van der Waals surface area (Å²) < 4.78 is 2.07. The zero-order chi connectivity index (χ0) is 11.3. The van der Waals surface area contributed by atoms with E-state index in [0.717, 1.165) is 0 Å². The zero-order valence-electron chi connectivity index (χ0n) is 10.3. The van der Waals surface area contributed by atoms with Gasteiger partial charge in [-0.1, -0.05) is 0 Å². The van der Waals surface area contributed by atoms with E-state index >= 15 is 0 Å². The third-order valence-corrected chi connectivity index (χ3v) is 8.16. The fraction of sp³-hybridized carbons (Fsp3) is 0.200. The number of aromatic nitrogens is 1. The molecule has 1 aromatic carbocycles. The van der Waals surface area contributed by atoms with Crippen molar-refractivity contribution in [1.29, 1.82) is 0 Å². The van der Waals surface area contributed by atoms with Crippen molar-refractivity contribution in [2.75, 3.05) is 0 Å². The second-order valence-corrected chi connectivity index (χ2v) is 9.05. The number of benzene rings is 1. The van der Waals surface area contributed by atoms with Crippen molar-refractivity contribution >= 4 is 14.3 Å². The Morgan fingerprint density at radius 2 is 2.00 bits per heavy atom. The first-order chi connectivity index (χ1) is 8.36. The van der Waals surface area contributed by atoms with Gasteiger partial charge in [0.1, 0.15) is 0 Å². The molecule has 2 aromatic rings. The number of fused-ring (bicyclic) bond motifs is 2. The van der Waals surface area contributed by atoms with E-state index in [-0.39, 0.29) is 24.8 Å². The number of H-pyrrole nitrogens is 1. The first-order valence-corrected chi connectivity index (χ1v) is 8.56. The normalized spacial score (nSPS) is 22.6. The summed E-state index contributed by atoms with van der Waals surface area (Å²) in [5.41, 5.74) is 2.99. The SMILES string of the molecule is C1=C[C]2([Zr+2][c]3cc4ccccc4[nH]3)CCC2=C1.[Cl-].[Cl-]. The maximum absolute atomic E-state index is 3.62. The smallest absolute Gasteiger partial charge is 1.00 e. The second-order valence-electron chi connectivity index (χ2n) is 4.92. The Morgan fingerprint density at radius 3 is 2.68 bits per heavy atom. The van der Waals surface area contributed by atoms with Gasteiger partial charge in [-0.05, 0) is 0 Å². The number of rotatable bonds is 2. The van der Waals surface area contributed by atoms with E-state index in [4.69, 9.17) is 0 Å². The molecular formula is C15H13Cl2NZr. The number of allylic oxidation sites excluding steroid dienone is 4. The summed E-state index contributed by atoms with van der Waals surface area (Å²) in [5, 5.41) is 1.37. The molecule has 4 rings (SSSR count). The fourth-order valence-corrected chi connectivity index (χ4v) is 7.04. The van der Waals surface area contributed by atoms with Gasteiger partial charge in [-0.2, -0.15) is 0 Å². The Kier molecular flexibility index (Phi) is 4.45. The number of para-hydroxylation sites is 1. The van der Waals surface area contributed by atoms with E-state index in [2.05, 4.69) is 53.5 Å². The van der Waals surface area contributed by atoms with Crippen molar-refractivity contribution < 1.29 is 48.0 Å². The molecule has 0 bridgehead atoms. The van der Waals surface area contributed by atoms with Gasteiger partial charge < -0.3 is 24.8 Å². The maximum atomic E-state index is 3.62. The molecule has 0 amide bonds. The third-order valence-electron chi connectivity index (χ3n) is 3.93. The van der Waals surface area contributed by atoms with Gasteiger partial charge >= 0.3 is 113 Å². The van der Waals surface area contributed by atoms with Gasteiger partial charge in [0.25, 0.3) is 0 Å². The summed E-state index contributed by atoms with van der Waals surface area (Å²) >= 11 is -0.573. The average molecular weight is 369 g/mol. The van der Waals surface area contributed by atoms with Crippen LogP contribution in [0, 0.1) is 0 Å². The molecule has 1 N–H and O–H groups in total. The summed E-state index contributed by atoms with van der Waals surface area (Å²) in [7, 11) is 0. The number of nitrogens with one attached hydrogen (secondary N) is 1. The summed E-state index contributed by atoms with van der Waals surface area (Å²) in [6, 6.07) is 11.0. The molecule has 0 saturated heterocycles. The number of halogens is 2. The second kappa shape index (κ2) is 5.60. The van der Waals surface area contributed by atoms with E-state index in [0.29, 0.717) is 3.12 Å². The van der Waals surface area contributed by atoms with Crippen molar-refractivity contribution in [3.8, 4) is 0 Å². The monoisotopic (exact) mass is 367 g/mol. The molecule has 2 aliphatic rings. The Hall–Kier alpha value is -0.297. The van der Waals surface area contributed by atoms with Crippen molar-refractivity contribution in [3.05, 3.63) is 54.1 Å². The molecule has 19 heavy (non-hydrogen) atoms. The van der Waals surface area contributed by atoms with Gasteiger partial charge in [0, 0.05) is 0 Å². The van der Waals surface area contributed by atoms with Crippen LogP contribution in [-0.4, -0.2) is 4.98 Å². The molecule has 1 heterocycles. The molecule has 1 unspecified atom stereocenters. The molecule has 4 heteroatoms. The van der Waals surface area contributed by atoms with Crippen LogP contribution in [0.25, 0.3) is 10.9 Å². The van der Waals surface area contributed by atoms with Crippen LogP contribution in [0.4, 0.5) is 0 Å². The molecule has 0 radical (unpaired) electrons. The Labute approximate surface area is 136 Å². The van der Waals surface area contributed by atoms with Crippen LogP contribution in [0.15, 0.2) is 54.1 Å². The molecule has 1 saturated carbocycles. The largest absolute Gasteiger partial charge is 1.00 e. The maximum Gasteiger partial charge on any atom is -1.00 e. The molecular weight excluding hydrogens is 356 g/mol. The topological polar surface area (TPSA) is 15.8 Å². The summed E-state index contributed by atoms with van der Waals surface area (Å²) in [6.45, 7) is 0. The van der Waals surface area contributed by atoms with E-state index < -0.39 is 23.2 Å². The average Bonchev–Trinajstić information content (AvgIpc) is 2.84. The van der Waals surface area contributed by atoms with Crippen LogP contribution in [-0.2, 0) is 23.2 Å². The summed E-state index contributed by atoms with van der Waals surface area (Å²) in [4.78, 5) is 3.62. The molecule has 0 spiro atoms. The van der Waals surface area contributed by atoms with Crippen molar-refractivity contribution in [2.24, 2.45) is 0 Å². The number of hydrogen-bond acceptors (Lipinski definition) is 0. The van der Waals surface area contributed by atoms with Crippen LogP contribution in [0.1, 0.15) is 12.8 Å². The summed E-state index contributed by atoms with van der Waals surface area (Å²) in [5.74, 6) is 0. The van der Waals surface area contributed by atoms with Gasteiger partial charge in [-0.15, -0.1) is 0 Å². The first kappa shape index (κ1) is 15.1. The van der Waals surface area contributed by atoms with Crippen molar-refractivity contribution in [1.82, 2.24) is 4.98 Å². The van der Waals surface area contributed by atoms with Crippen LogP contribution in [0.2, 0.25) is 3.12 Å². The quantitative estimate of drug-likeness (QED) is 0.595. The molecule has 1 atom stereocenters. The molecule has 1 nitrogen and oxygen atoms in total. The predicted octanol–water partition coefficient (Wildman–Crippen LogP) is -2.67. The fourth-order valence-electron chi connectivity index (χ4n) is 2.86. The predicted molar refractivity (Wildman–Crippen MR) is 67.1 cm³/mol. The van der Waals surface area contributed by atoms with Crippen LogP contribution in [0.5, 0.6) is 0 Å². The van der Waals surface area contributed by atoms with Gasteiger partial charge in [0.2, 0.25) is 0 Å².